The first-order valence-electron chi connectivity index (χ1n) is 9.32. The van der Waals surface area contributed by atoms with Crippen molar-refractivity contribution in [3.8, 4) is 17.2 Å². The van der Waals surface area contributed by atoms with Crippen LogP contribution in [-0.2, 0) is 11.2 Å². The van der Waals surface area contributed by atoms with Gasteiger partial charge in [0.25, 0.3) is 11.8 Å². The highest BCUT2D eigenvalue weighted by Crippen LogP contribution is 2.32. The van der Waals surface area contributed by atoms with Gasteiger partial charge in [-0.1, -0.05) is 25.5 Å². The summed E-state index contributed by atoms with van der Waals surface area (Å²) in [6.45, 7) is 2.85. The lowest BCUT2D eigenvalue weighted by molar-refractivity contribution is -0.123. The van der Waals surface area contributed by atoms with Crippen LogP contribution in [0.2, 0.25) is 0 Å². The molecule has 0 aromatic heterocycles. The number of rotatable bonds is 9. The molecule has 0 unspecified atom stereocenters. The van der Waals surface area contributed by atoms with Crippen LogP contribution in [0, 0.1) is 0 Å². The van der Waals surface area contributed by atoms with Crippen molar-refractivity contribution >= 4 is 11.8 Å². The van der Waals surface area contributed by atoms with Crippen molar-refractivity contribution in [2.75, 3.05) is 26.5 Å². The molecule has 2 N–H and O–H groups in total. The first-order valence-corrected chi connectivity index (χ1v) is 9.32. The minimum absolute atomic E-state index is 0.0662. The van der Waals surface area contributed by atoms with Crippen LogP contribution in [0.1, 0.15) is 29.3 Å². The topological polar surface area (TPSA) is 85.9 Å². The van der Waals surface area contributed by atoms with Crippen LogP contribution in [0.4, 0.5) is 0 Å². The fourth-order valence-electron chi connectivity index (χ4n) is 2.76. The molecule has 28 heavy (non-hydrogen) atoms. The van der Waals surface area contributed by atoms with Crippen LogP contribution < -0.4 is 24.8 Å². The van der Waals surface area contributed by atoms with Gasteiger partial charge < -0.3 is 24.8 Å². The van der Waals surface area contributed by atoms with Crippen molar-refractivity contribution in [1.82, 2.24) is 10.6 Å². The van der Waals surface area contributed by atoms with Crippen LogP contribution in [0.5, 0.6) is 17.2 Å². The highest BCUT2D eigenvalue weighted by molar-refractivity contribution is 5.95. The van der Waals surface area contributed by atoms with Crippen LogP contribution in [0.25, 0.3) is 0 Å². The summed E-state index contributed by atoms with van der Waals surface area (Å²) in [5, 5.41) is 5.46. The predicted octanol–water partition coefficient (Wildman–Crippen LogP) is 2.29. The van der Waals surface area contributed by atoms with Crippen LogP contribution in [0.15, 0.2) is 42.5 Å². The second-order valence-electron chi connectivity index (χ2n) is 6.36. The van der Waals surface area contributed by atoms with E-state index in [4.69, 9.17) is 14.2 Å². The largest absolute Gasteiger partial charge is 0.484 e. The lowest BCUT2D eigenvalue weighted by Gasteiger charge is -2.09. The minimum Gasteiger partial charge on any atom is -0.484 e. The van der Waals surface area contributed by atoms with Crippen molar-refractivity contribution in [3.63, 3.8) is 0 Å². The molecule has 7 heteroatoms. The monoisotopic (exact) mass is 384 g/mol. The van der Waals surface area contributed by atoms with Gasteiger partial charge in [0, 0.05) is 18.7 Å². The van der Waals surface area contributed by atoms with E-state index in [2.05, 4.69) is 17.6 Å². The molecule has 1 aliphatic heterocycles. The minimum atomic E-state index is -0.241. The number of carbonyl (C=O) groups is 2. The number of ether oxygens (including phenoxy) is 3. The van der Waals surface area contributed by atoms with E-state index in [9.17, 15) is 9.59 Å². The number of aryl methyl sites for hydroxylation is 1. The van der Waals surface area contributed by atoms with Crippen molar-refractivity contribution in [2.45, 2.75) is 19.8 Å². The standard InChI is InChI=1S/C21H24N2O5/c1-2-3-15-4-7-17(8-5-15)26-13-20(24)22-10-11-23-21(25)16-6-9-18-19(12-16)28-14-27-18/h4-9,12H,2-3,10-11,13-14H2,1H3,(H,22,24)(H,23,25). The lowest BCUT2D eigenvalue weighted by Crippen LogP contribution is -2.36. The quantitative estimate of drug-likeness (QED) is 0.648. The molecule has 0 aliphatic carbocycles. The molecule has 0 saturated heterocycles. The summed E-state index contributed by atoms with van der Waals surface area (Å²) in [7, 11) is 0. The van der Waals surface area contributed by atoms with E-state index in [1.54, 1.807) is 18.2 Å². The van der Waals surface area contributed by atoms with Gasteiger partial charge in [-0.25, -0.2) is 0 Å². The van der Waals surface area contributed by atoms with Gasteiger partial charge in [-0.05, 0) is 42.3 Å². The Bertz CT molecular complexity index is 820. The maximum Gasteiger partial charge on any atom is 0.258 e. The fourth-order valence-corrected chi connectivity index (χ4v) is 2.76. The van der Waals surface area contributed by atoms with Crippen molar-refractivity contribution in [1.29, 1.82) is 0 Å². The zero-order valence-corrected chi connectivity index (χ0v) is 15.8. The van der Waals surface area contributed by atoms with Crippen LogP contribution in [-0.4, -0.2) is 38.3 Å². The molecule has 2 aromatic carbocycles. The summed E-state index contributed by atoms with van der Waals surface area (Å²) in [6, 6.07) is 12.7. The van der Waals surface area contributed by atoms with Gasteiger partial charge in [0.15, 0.2) is 18.1 Å². The summed E-state index contributed by atoms with van der Waals surface area (Å²) in [6.07, 6.45) is 2.12. The Kier molecular flexibility index (Phi) is 6.73. The molecule has 0 radical (unpaired) electrons. The maximum atomic E-state index is 12.1. The highest BCUT2D eigenvalue weighted by atomic mass is 16.7. The lowest BCUT2D eigenvalue weighted by atomic mass is 10.1. The molecule has 0 fully saturated rings. The summed E-state index contributed by atoms with van der Waals surface area (Å²) >= 11 is 0. The molecule has 1 aliphatic rings. The van der Waals surface area contributed by atoms with E-state index in [0.29, 0.717) is 35.9 Å². The van der Waals surface area contributed by atoms with E-state index >= 15 is 0 Å². The third-order valence-corrected chi connectivity index (χ3v) is 4.20. The Labute approximate surface area is 164 Å². The van der Waals surface area contributed by atoms with E-state index in [1.807, 2.05) is 24.3 Å². The molecule has 148 valence electrons. The smallest absolute Gasteiger partial charge is 0.258 e. The van der Waals surface area contributed by atoms with Gasteiger partial charge in [0.2, 0.25) is 6.79 Å². The van der Waals surface area contributed by atoms with Gasteiger partial charge in [-0.2, -0.15) is 0 Å². The summed E-state index contributed by atoms with van der Waals surface area (Å²) < 4.78 is 15.9. The van der Waals surface area contributed by atoms with E-state index in [0.717, 1.165) is 12.8 Å². The number of hydrogen-bond acceptors (Lipinski definition) is 5. The molecule has 0 saturated carbocycles. The Hall–Kier alpha value is -3.22. The number of hydrogen-bond donors (Lipinski definition) is 2. The van der Waals surface area contributed by atoms with E-state index in [1.165, 1.54) is 5.56 Å². The molecule has 0 bridgehead atoms. The summed E-state index contributed by atoms with van der Waals surface area (Å²) in [5.74, 6) is 1.36. The molecule has 0 atom stereocenters. The van der Waals surface area contributed by atoms with Crippen molar-refractivity contribution < 1.29 is 23.8 Å². The summed E-state index contributed by atoms with van der Waals surface area (Å²) in [5.41, 5.74) is 1.72. The fraction of sp³-hybridized carbons (Fsp3) is 0.333. The maximum absolute atomic E-state index is 12.1. The third-order valence-electron chi connectivity index (χ3n) is 4.20. The molecule has 3 rings (SSSR count). The molecule has 1 heterocycles. The first kappa shape index (κ1) is 19.5. The Balaban J connectivity index is 1.33. The number of amides is 2. The summed E-state index contributed by atoms with van der Waals surface area (Å²) in [4.78, 5) is 24.0. The average Bonchev–Trinajstić information content (AvgIpc) is 3.18. The van der Waals surface area contributed by atoms with Gasteiger partial charge in [-0.3, -0.25) is 9.59 Å². The molecule has 2 amide bonds. The second kappa shape index (κ2) is 9.64. The highest BCUT2D eigenvalue weighted by Gasteiger charge is 2.16. The van der Waals surface area contributed by atoms with Crippen molar-refractivity contribution in [3.05, 3.63) is 53.6 Å². The molecule has 2 aromatic rings. The average molecular weight is 384 g/mol. The Morgan fingerprint density at radius 2 is 1.75 bits per heavy atom. The number of nitrogens with one attached hydrogen (secondary N) is 2. The van der Waals surface area contributed by atoms with Gasteiger partial charge >= 0.3 is 0 Å². The Morgan fingerprint density at radius 1 is 1.00 bits per heavy atom. The van der Waals surface area contributed by atoms with Gasteiger partial charge in [-0.15, -0.1) is 0 Å². The zero-order chi connectivity index (χ0) is 19.8. The van der Waals surface area contributed by atoms with Crippen LogP contribution >= 0.6 is 0 Å². The third kappa shape index (κ3) is 5.39. The number of benzene rings is 2. The normalized spacial score (nSPS) is 11.8. The number of fused-ring (bicyclic) bond motifs is 1. The van der Waals surface area contributed by atoms with E-state index in [-0.39, 0.29) is 25.2 Å². The number of carbonyl (C=O) groups excluding carboxylic acids is 2. The molecule has 0 spiro atoms. The van der Waals surface area contributed by atoms with Crippen LogP contribution in [0.3, 0.4) is 0 Å². The zero-order valence-electron chi connectivity index (χ0n) is 15.8. The molecule has 7 nitrogen and oxygen atoms in total. The predicted molar refractivity (Wildman–Crippen MR) is 104 cm³/mol. The molecular weight excluding hydrogens is 360 g/mol. The molecular formula is C21H24N2O5. The second-order valence-corrected chi connectivity index (χ2v) is 6.36. The SMILES string of the molecule is CCCc1ccc(OCC(=O)NCCNC(=O)c2ccc3c(c2)OCO3)cc1. The van der Waals surface area contributed by atoms with Gasteiger partial charge in [0.1, 0.15) is 5.75 Å². The van der Waals surface area contributed by atoms with Gasteiger partial charge in [0.05, 0.1) is 0 Å². The van der Waals surface area contributed by atoms with E-state index < -0.39 is 0 Å². The van der Waals surface area contributed by atoms with Crippen molar-refractivity contribution in [2.24, 2.45) is 0 Å². The Morgan fingerprint density at radius 3 is 2.54 bits per heavy atom. The first-order chi connectivity index (χ1) is 13.7.